The van der Waals surface area contributed by atoms with Crippen molar-refractivity contribution < 1.29 is 43.4 Å². The van der Waals surface area contributed by atoms with Gasteiger partial charge in [0.05, 0.1) is 53.5 Å². The van der Waals surface area contributed by atoms with Crippen LogP contribution in [0.1, 0.15) is 50.3 Å². The van der Waals surface area contributed by atoms with E-state index in [2.05, 4.69) is 17.3 Å². The number of nitro groups is 2. The molecule has 0 bridgehead atoms. The molecular weight excluding hydrogens is 658 g/mol. The standard InChI is InChI=1S/C32H35N7O11/c1-4-5-13-48-29-10-9-23(17-32(29)46-3)26-18-25(33-36(26)21(2)40)22-7-6-8-24(16-22)49-30-20-31(28(38(43)44)19-27(30)37(41)42)50-34-39(45)35-11-14-47-15-12-35/h6-10,16-17,19-20,26H,4-5,11-15,18H2,1-3H3/b39-34-. The van der Waals surface area contributed by atoms with Crippen molar-refractivity contribution in [2.75, 3.05) is 40.0 Å². The Balaban J connectivity index is 1.41. The lowest BCUT2D eigenvalue weighted by Gasteiger charge is -2.21. The number of nitrogens with zero attached hydrogens (tertiary/aromatic N) is 7. The van der Waals surface area contributed by atoms with Crippen molar-refractivity contribution in [3.63, 3.8) is 0 Å². The van der Waals surface area contributed by atoms with Crippen LogP contribution < -0.4 is 19.0 Å². The molecule has 0 radical (unpaired) electrons. The summed E-state index contributed by atoms with van der Waals surface area (Å²) in [6.07, 6.45) is 2.20. The number of morpholine rings is 1. The highest BCUT2D eigenvalue weighted by molar-refractivity contribution is 6.03. The van der Waals surface area contributed by atoms with E-state index in [9.17, 15) is 30.2 Å². The summed E-state index contributed by atoms with van der Waals surface area (Å²) in [5.41, 5.74) is 0.350. The van der Waals surface area contributed by atoms with Crippen LogP contribution in [0.15, 0.2) is 65.0 Å². The molecule has 264 valence electrons. The van der Waals surface area contributed by atoms with Gasteiger partial charge in [-0.25, -0.2) is 5.01 Å². The van der Waals surface area contributed by atoms with Gasteiger partial charge >= 0.3 is 11.4 Å². The van der Waals surface area contributed by atoms with Crippen molar-refractivity contribution in [3.05, 3.63) is 91.2 Å². The van der Waals surface area contributed by atoms with Crippen LogP contribution in [0.25, 0.3) is 0 Å². The first-order valence-corrected chi connectivity index (χ1v) is 15.7. The minimum absolute atomic E-state index is 0.122. The second-order valence-electron chi connectivity index (χ2n) is 11.2. The third-order valence-electron chi connectivity index (χ3n) is 7.83. The van der Waals surface area contributed by atoms with Crippen molar-refractivity contribution in [1.82, 2.24) is 10.0 Å². The van der Waals surface area contributed by atoms with Gasteiger partial charge in [0.2, 0.25) is 22.7 Å². The van der Waals surface area contributed by atoms with Gasteiger partial charge in [0, 0.05) is 25.0 Å². The lowest BCUT2D eigenvalue weighted by Crippen LogP contribution is -2.40. The third kappa shape index (κ3) is 8.15. The maximum Gasteiger partial charge on any atom is 0.321 e. The molecule has 2 aliphatic rings. The normalized spacial score (nSPS) is 16.1. The molecule has 2 aliphatic heterocycles. The van der Waals surface area contributed by atoms with Crippen LogP contribution in [0.4, 0.5) is 11.4 Å². The summed E-state index contributed by atoms with van der Waals surface area (Å²) in [6.45, 7) is 5.01. The molecule has 18 nitrogen and oxygen atoms in total. The van der Waals surface area contributed by atoms with E-state index in [1.807, 2.05) is 12.1 Å². The van der Waals surface area contributed by atoms with E-state index < -0.39 is 38.8 Å². The molecule has 1 fully saturated rings. The Labute approximate surface area is 285 Å². The minimum atomic E-state index is -0.899. The lowest BCUT2D eigenvalue weighted by molar-refractivity contribution is -0.710. The molecule has 18 heteroatoms. The molecule has 1 saturated heterocycles. The number of ether oxygens (including phenoxy) is 4. The fourth-order valence-electron chi connectivity index (χ4n) is 5.27. The van der Waals surface area contributed by atoms with Gasteiger partial charge in [-0.15, -0.1) is 5.01 Å². The number of carbonyl (C=O) groups is 1. The highest BCUT2D eigenvalue weighted by atomic mass is 16.7. The van der Waals surface area contributed by atoms with Crippen LogP contribution in [0, 0.1) is 25.4 Å². The molecule has 1 atom stereocenters. The first-order valence-electron chi connectivity index (χ1n) is 15.7. The Morgan fingerprint density at radius 3 is 2.40 bits per heavy atom. The average molecular weight is 694 g/mol. The van der Waals surface area contributed by atoms with E-state index in [0.717, 1.165) is 24.5 Å². The topological polar surface area (TPSA) is 207 Å². The van der Waals surface area contributed by atoms with Crippen molar-refractivity contribution in [1.29, 1.82) is 0 Å². The maximum absolute atomic E-state index is 12.7. The van der Waals surface area contributed by atoms with Crippen molar-refractivity contribution >= 4 is 23.0 Å². The number of hydrazine groups is 1. The van der Waals surface area contributed by atoms with Gasteiger partial charge in [0.25, 0.3) is 0 Å². The summed E-state index contributed by atoms with van der Waals surface area (Å²) >= 11 is 0. The Morgan fingerprint density at radius 2 is 1.72 bits per heavy atom. The van der Waals surface area contributed by atoms with Gasteiger partial charge in [-0.05, 0) is 36.2 Å². The number of methoxy groups -OCH3 is 1. The molecule has 0 aliphatic carbocycles. The molecule has 0 aromatic heterocycles. The highest BCUT2D eigenvalue weighted by Gasteiger charge is 2.33. The number of hydrogen-bond donors (Lipinski definition) is 0. The number of hydrogen-bond acceptors (Lipinski definition) is 13. The largest absolute Gasteiger partial charge is 0.569 e. The first-order chi connectivity index (χ1) is 24.1. The number of hydrazone groups is 1. The van der Waals surface area contributed by atoms with E-state index in [4.69, 9.17) is 23.8 Å². The zero-order valence-corrected chi connectivity index (χ0v) is 27.6. The first kappa shape index (κ1) is 35.3. The zero-order valence-electron chi connectivity index (χ0n) is 27.6. The molecular formula is C32H35N7O11. The fraction of sp³-hybridized carbons (Fsp3) is 0.375. The quantitative estimate of drug-likeness (QED) is 0.0657. The van der Waals surface area contributed by atoms with E-state index in [1.165, 1.54) is 23.0 Å². The van der Waals surface area contributed by atoms with Crippen LogP contribution in [0.5, 0.6) is 28.7 Å². The van der Waals surface area contributed by atoms with Gasteiger partial charge < -0.3 is 24.2 Å². The molecule has 0 N–H and O–H groups in total. The molecule has 0 saturated carbocycles. The number of unbranched alkanes of at least 4 members (excludes halogenated alkanes) is 1. The lowest BCUT2D eigenvalue weighted by atomic mass is 9.98. The van der Waals surface area contributed by atoms with Gasteiger partial charge in [-0.3, -0.25) is 29.9 Å². The summed E-state index contributed by atoms with van der Waals surface area (Å²) in [5, 5.41) is 46.7. The number of carbonyl (C=O) groups excluding carboxylic acids is 1. The van der Waals surface area contributed by atoms with Crippen molar-refractivity contribution in [2.45, 2.75) is 39.2 Å². The Hall–Kier alpha value is -6.04. The van der Waals surface area contributed by atoms with Crippen molar-refractivity contribution in [2.24, 2.45) is 10.4 Å². The van der Waals surface area contributed by atoms with E-state index in [1.54, 1.807) is 31.4 Å². The molecule has 1 unspecified atom stereocenters. The number of amides is 1. The fourth-order valence-corrected chi connectivity index (χ4v) is 5.27. The highest BCUT2D eigenvalue weighted by Crippen LogP contribution is 2.42. The zero-order chi connectivity index (χ0) is 35.8. The molecule has 3 aromatic rings. The summed E-state index contributed by atoms with van der Waals surface area (Å²) in [4.78, 5) is 39.9. The van der Waals surface area contributed by atoms with E-state index in [-0.39, 0.29) is 42.9 Å². The molecule has 0 spiro atoms. The summed E-state index contributed by atoms with van der Waals surface area (Å²) in [5.74, 6) is -0.0138. The summed E-state index contributed by atoms with van der Waals surface area (Å²) < 4.78 is 22.5. The predicted octanol–water partition coefficient (Wildman–Crippen LogP) is 5.68. The molecule has 50 heavy (non-hydrogen) atoms. The smallest absolute Gasteiger partial charge is 0.321 e. The van der Waals surface area contributed by atoms with Crippen LogP contribution in [0.2, 0.25) is 0 Å². The minimum Gasteiger partial charge on any atom is -0.569 e. The SMILES string of the molecule is CCCCOc1ccc(C2CC(c3cccc(Oc4cc(O/N=[N+](\[O-])N5CCOCC5)c([N+](=O)[O-])cc4[N+](=O)[O-])c3)=NN2C(C)=O)cc1OC. The maximum atomic E-state index is 12.7. The Bertz CT molecular complexity index is 1810. The third-order valence-corrected chi connectivity index (χ3v) is 7.83. The molecule has 2 heterocycles. The Kier molecular flexibility index (Phi) is 11.2. The molecule has 1 amide bonds. The van der Waals surface area contributed by atoms with Crippen LogP contribution in [-0.2, 0) is 9.53 Å². The number of rotatable bonds is 14. The van der Waals surface area contributed by atoms with E-state index >= 15 is 0 Å². The summed E-state index contributed by atoms with van der Waals surface area (Å²) in [7, 11) is 1.54. The Morgan fingerprint density at radius 1 is 0.980 bits per heavy atom. The summed E-state index contributed by atoms with van der Waals surface area (Å²) in [6, 6.07) is 13.1. The van der Waals surface area contributed by atoms with Crippen molar-refractivity contribution in [3.8, 4) is 28.7 Å². The van der Waals surface area contributed by atoms with Crippen LogP contribution >= 0.6 is 0 Å². The predicted molar refractivity (Wildman–Crippen MR) is 175 cm³/mol. The van der Waals surface area contributed by atoms with Crippen LogP contribution in [-0.4, -0.2) is 76.5 Å². The second-order valence-corrected chi connectivity index (χ2v) is 11.2. The van der Waals surface area contributed by atoms with Gasteiger partial charge in [-0.1, -0.05) is 31.5 Å². The number of benzene rings is 3. The number of nitro benzene ring substituents is 2. The molecule has 3 aromatic carbocycles. The average Bonchev–Trinajstić information content (AvgIpc) is 3.57. The van der Waals surface area contributed by atoms with Gasteiger partial charge in [0.15, 0.2) is 11.5 Å². The van der Waals surface area contributed by atoms with Gasteiger partial charge in [-0.2, -0.15) is 5.10 Å². The second kappa shape index (κ2) is 15.9. The monoisotopic (exact) mass is 693 g/mol. The van der Waals surface area contributed by atoms with Crippen LogP contribution in [0.3, 0.4) is 0 Å². The molecule has 5 rings (SSSR count). The van der Waals surface area contributed by atoms with Gasteiger partial charge in [0.1, 0.15) is 24.9 Å². The van der Waals surface area contributed by atoms with E-state index in [0.29, 0.717) is 41.9 Å².